The first kappa shape index (κ1) is 15.8. The number of para-hydroxylation sites is 1. The van der Waals surface area contributed by atoms with Crippen LogP contribution in [0.25, 0.3) is 6.08 Å². The summed E-state index contributed by atoms with van der Waals surface area (Å²) < 4.78 is 6.48. The molecule has 1 N–H and O–H groups in total. The highest BCUT2D eigenvalue weighted by atomic mass is 79.9. The van der Waals surface area contributed by atoms with Crippen LogP contribution < -0.4 is 4.74 Å². The zero-order valence-electron chi connectivity index (χ0n) is 10.9. The number of ether oxygens (including phenoxy) is 1. The molecule has 0 aromatic heterocycles. The minimum absolute atomic E-state index is 0.0130. The molecular weight excluding hydrogens is 400 g/mol. The lowest BCUT2D eigenvalue weighted by Gasteiger charge is -2.03. The van der Waals surface area contributed by atoms with Gasteiger partial charge in [-0.3, -0.25) is 4.79 Å². The van der Waals surface area contributed by atoms with Crippen molar-refractivity contribution in [1.82, 2.24) is 0 Å². The highest BCUT2D eigenvalue weighted by molar-refractivity contribution is 9.11. The Balaban J connectivity index is 1.96. The van der Waals surface area contributed by atoms with E-state index in [9.17, 15) is 9.90 Å². The van der Waals surface area contributed by atoms with Gasteiger partial charge in [-0.15, -0.1) is 0 Å². The van der Waals surface area contributed by atoms with Crippen LogP contribution in [0.15, 0.2) is 57.5 Å². The second-order valence-corrected chi connectivity index (χ2v) is 5.94. The molecule has 5 heteroatoms. The minimum Gasteiger partial charge on any atom is -0.506 e. The van der Waals surface area contributed by atoms with Gasteiger partial charge < -0.3 is 9.84 Å². The fraction of sp³-hybridized carbons (Fsp3) is 0.0625. The standard InChI is InChI=1S/C16H12Br2O3/c17-14-8-11(9-15(18)16(14)20)6-7-12(19)10-21-13-4-2-1-3-5-13/h1-9,20H,10H2. The van der Waals surface area contributed by atoms with E-state index in [1.54, 1.807) is 30.3 Å². The first-order chi connectivity index (χ1) is 10.1. The van der Waals surface area contributed by atoms with Crippen molar-refractivity contribution < 1.29 is 14.6 Å². The van der Waals surface area contributed by atoms with Gasteiger partial charge in [-0.25, -0.2) is 0 Å². The Kier molecular flexibility index (Phi) is 5.59. The lowest BCUT2D eigenvalue weighted by Crippen LogP contribution is -2.07. The number of hydrogen-bond donors (Lipinski definition) is 1. The number of halogens is 2. The lowest BCUT2D eigenvalue weighted by molar-refractivity contribution is -0.116. The molecule has 0 aliphatic rings. The van der Waals surface area contributed by atoms with E-state index in [2.05, 4.69) is 31.9 Å². The third kappa shape index (κ3) is 4.72. The molecule has 0 amide bonds. The third-order valence-corrected chi connectivity index (χ3v) is 3.83. The summed E-state index contributed by atoms with van der Waals surface area (Å²) in [5.41, 5.74) is 0.791. The fourth-order valence-electron chi connectivity index (χ4n) is 1.59. The first-order valence-corrected chi connectivity index (χ1v) is 7.71. The van der Waals surface area contributed by atoms with Gasteiger partial charge in [0.2, 0.25) is 0 Å². The molecule has 0 saturated carbocycles. The zero-order valence-corrected chi connectivity index (χ0v) is 14.1. The molecule has 0 bridgehead atoms. The van der Waals surface area contributed by atoms with Crippen LogP contribution in [0.5, 0.6) is 11.5 Å². The summed E-state index contributed by atoms with van der Waals surface area (Å²) in [5, 5.41) is 9.61. The Morgan fingerprint density at radius 1 is 1.14 bits per heavy atom. The molecule has 21 heavy (non-hydrogen) atoms. The van der Waals surface area contributed by atoms with Crippen LogP contribution in [-0.2, 0) is 4.79 Å². The molecule has 0 atom stereocenters. The molecule has 2 aromatic rings. The van der Waals surface area contributed by atoms with Gasteiger partial charge in [-0.05, 0) is 67.8 Å². The van der Waals surface area contributed by atoms with Gasteiger partial charge in [0, 0.05) is 0 Å². The molecule has 0 aliphatic carbocycles. The second-order valence-electron chi connectivity index (χ2n) is 4.23. The number of ketones is 1. The predicted octanol–water partition coefficient (Wildman–Crippen LogP) is 4.58. The van der Waals surface area contributed by atoms with Crippen LogP contribution in [0.4, 0.5) is 0 Å². The maximum absolute atomic E-state index is 11.7. The van der Waals surface area contributed by atoms with E-state index in [1.165, 1.54) is 6.08 Å². The molecule has 0 aliphatic heterocycles. The number of hydrogen-bond acceptors (Lipinski definition) is 3. The molecule has 0 unspecified atom stereocenters. The van der Waals surface area contributed by atoms with Gasteiger partial charge in [0.25, 0.3) is 0 Å². The molecule has 108 valence electrons. The van der Waals surface area contributed by atoms with Crippen LogP contribution in [0.1, 0.15) is 5.56 Å². The Morgan fingerprint density at radius 3 is 2.38 bits per heavy atom. The van der Waals surface area contributed by atoms with Gasteiger partial charge >= 0.3 is 0 Å². The Labute approximate surface area is 139 Å². The molecule has 2 rings (SSSR count). The van der Waals surface area contributed by atoms with E-state index in [1.807, 2.05) is 18.2 Å². The molecule has 0 heterocycles. The maximum Gasteiger partial charge on any atom is 0.193 e. The molecule has 2 aromatic carbocycles. The van der Waals surface area contributed by atoms with Gasteiger partial charge in [0.05, 0.1) is 8.95 Å². The number of benzene rings is 2. The van der Waals surface area contributed by atoms with E-state index in [4.69, 9.17) is 4.74 Å². The van der Waals surface area contributed by atoms with Crippen molar-refractivity contribution in [3.63, 3.8) is 0 Å². The summed E-state index contributed by atoms with van der Waals surface area (Å²) in [7, 11) is 0. The van der Waals surface area contributed by atoms with Crippen molar-refractivity contribution in [2.24, 2.45) is 0 Å². The number of phenols is 1. The molecule has 0 radical (unpaired) electrons. The molecule has 0 saturated heterocycles. The van der Waals surface area contributed by atoms with Gasteiger partial charge in [0.15, 0.2) is 12.4 Å². The highest BCUT2D eigenvalue weighted by Gasteiger charge is 2.05. The molecular formula is C16H12Br2O3. The van der Waals surface area contributed by atoms with Crippen molar-refractivity contribution in [2.75, 3.05) is 6.61 Å². The van der Waals surface area contributed by atoms with Crippen LogP contribution in [0, 0.1) is 0 Å². The number of phenolic OH excluding ortho intramolecular Hbond substituents is 1. The number of carbonyl (C=O) groups is 1. The second kappa shape index (κ2) is 7.43. The van der Waals surface area contributed by atoms with Crippen LogP contribution in [0.2, 0.25) is 0 Å². The summed E-state index contributed by atoms with van der Waals surface area (Å²) in [6, 6.07) is 12.6. The maximum atomic E-state index is 11.7. The van der Waals surface area contributed by atoms with E-state index in [0.29, 0.717) is 14.7 Å². The summed E-state index contributed by atoms with van der Waals surface area (Å²) in [6.45, 7) is -0.0130. The van der Waals surface area contributed by atoms with Crippen molar-refractivity contribution in [3.8, 4) is 11.5 Å². The van der Waals surface area contributed by atoms with Gasteiger partial charge in [-0.2, -0.15) is 0 Å². The zero-order chi connectivity index (χ0) is 15.2. The van der Waals surface area contributed by atoms with E-state index < -0.39 is 0 Å². The number of rotatable bonds is 5. The topological polar surface area (TPSA) is 46.5 Å². The normalized spacial score (nSPS) is 10.8. The average Bonchev–Trinajstić information content (AvgIpc) is 2.49. The summed E-state index contributed by atoms with van der Waals surface area (Å²) in [5.74, 6) is 0.652. The monoisotopic (exact) mass is 410 g/mol. The lowest BCUT2D eigenvalue weighted by atomic mass is 10.2. The van der Waals surface area contributed by atoms with Gasteiger partial charge in [0.1, 0.15) is 11.5 Å². The Bertz CT molecular complexity index is 643. The van der Waals surface area contributed by atoms with Crippen LogP contribution >= 0.6 is 31.9 Å². The summed E-state index contributed by atoms with van der Waals surface area (Å²) >= 11 is 6.48. The number of carbonyl (C=O) groups excluding carboxylic acids is 1. The molecule has 0 fully saturated rings. The average molecular weight is 412 g/mol. The van der Waals surface area contributed by atoms with E-state index in [0.717, 1.165) is 5.56 Å². The van der Waals surface area contributed by atoms with Crippen LogP contribution in [0.3, 0.4) is 0 Å². The van der Waals surface area contributed by atoms with Crippen molar-refractivity contribution >= 4 is 43.7 Å². The van der Waals surface area contributed by atoms with E-state index >= 15 is 0 Å². The van der Waals surface area contributed by atoms with Crippen LogP contribution in [-0.4, -0.2) is 17.5 Å². The SMILES string of the molecule is O=C(C=Cc1cc(Br)c(O)c(Br)c1)COc1ccccc1. The largest absolute Gasteiger partial charge is 0.506 e. The minimum atomic E-state index is -0.140. The van der Waals surface area contributed by atoms with Crippen molar-refractivity contribution in [3.05, 3.63) is 63.0 Å². The van der Waals surface area contributed by atoms with E-state index in [-0.39, 0.29) is 18.1 Å². The predicted molar refractivity (Wildman–Crippen MR) is 89.5 cm³/mol. The Morgan fingerprint density at radius 2 is 1.76 bits per heavy atom. The Hall–Kier alpha value is -1.59. The smallest absolute Gasteiger partial charge is 0.193 e. The first-order valence-electron chi connectivity index (χ1n) is 6.13. The fourth-order valence-corrected chi connectivity index (χ4v) is 2.81. The van der Waals surface area contributed by atoms with Crippen molar-refractivity contribution in [2.45, 2.75) is 0 Å². The summed E-state index contributed by atoms with van der Waals surface area (Å²) in [6.07, 6.45) is 3.12. The number of aromatic hydroxyl groups is 1. The quantitative estimate of drug-likeness (QED) is 0.732. The van der Waals surface area contributed by atoms with Gasteiger partial charge in [-0.1, -0.05) is 24.3 Å². The highest BCUT2D eigenvalue weighted by Crippen LogP contribution is 2.33. The summed E-state index contributed by atoms with van der Waals surface area (Å²) in [4.78, 5) is 11.7. The third-order valence-electron chi connectivity index (χ3n) is 2.63. The molecule has 0 spiro atoms. The van der Waals surface area contributed by atoms with Crippen molar-refractivity contribution in [1.29, 1.82) is 0 Å². The molecule has 3 nitrogen and oxygen atoms in total.